The lowest BCUT2D eigenvalue weighted by Crippen LogP contribution is -2.40. The van der Waals surface area contributed by atoms with E-state index in [0.717, 1.165) is 24.2 Å². The van der Waals surface area contributed by atoms with Gasteiger partial charge in [-0.3, -0.25) is 4.79 Å². The number of anilines is 1. The first-order valence-electron chi connectivity index (χ1n) is 10.1. The summed E-state index contributed by atoms with van der Waals surface area (Å²) in [6, 6.07) is 13.9. The highest BCUT2D eigenvalue weighted by atomic mass is 35.5. The number of aromatic nitrogens is 1. The number of carbonyl (C=O) groups is 1. The first-order valence-corrected chi connectivity index (χ1v) is 10.9. The third kappa shape index (κ3) is 3.54. The molecule has 8 heteroatoms. The Labute approximate surface area is 189 Å². The molecule has 1 aromatic heterocycles. The summed E-state index contributed by atoms with van der Waals surface area (Å²) >= 11 is 12.2. The van der Waals surface area contributed by atoms with Gasteiger partial charge in [0.1, 0.15) is 5.75 Å². The smallest absolute Gasteiger partial charge is 0.331 e. The zero-order chi connectivity index (χ0) is 21.7. The van der Waals surface area contributed by atoms with Crippen molar-refractivity contribution in [1.29, 1.82) is 0 Å². The summed E-state index contributed by atoms with van der Waals surface area (Å²) in [5.41, 5.74) is 1.31. The minimum absolute atomic E-state index is 0.267. The van der Waals surface area contributed by atoms with E-state index in [9.17, 15) is 9.59 Å². The zero-order valence-electron chi connectivity index (χ0n) is 16.9. The van der Waals surface area contributed by atoms with E-state index in [0.29, 0.717) is 46.2 Å². The lowest BCUT2D eigenvalue weighted by molar-refractivity contribution is 0.207. The lowest BCUT2D eigenvalue weighted by atomic mass is 10.0. The maximum absolute atomic E-state index is 13.3. The highest BCUT2D eigenvalue weighted by molar-refractivity contribution is 6.42. The Hall–Kier alpha value is -2.70. The molecular weight excluding hydrogens is 437 g/mol. The molecule has 2 aliphatic rings. The van der Waals surface area contributed by atoms with Crippen LogP contribution < -0.4 is 15.2 Å². The second-order valence-corrected chi connectivity index (χ2v) is 8.96. The molecule has 0 saturated carbocycles. The molecule has 2 unspecified atom stereocenters. The number of rotatable bonds is 2. The number of halogens is 2. The largest absolute Gasteiger partial charge is 0.497 e. The first-order chi connectivity index (χ1) is 14.9. The molecule has 2 fully saturated rings. The molecule has 0 spiro atoms. The van der Waals surface area contributed by atoms with Crippen LogP contribution in [0.5, 0.6) is 5.75 Å². The molecule has 2 aromatic carbocycles. The van der Waals surface area contributed by atoms with E-state index >= 15 is 0 Å². The molecule has 0 aliphatic carbocycles. The van der Waals surface area contributed by atoms with Crippen LogP contribution in [0.3, 0.4) is 0 Å². The molecule has 5 rings (SSSR count). The Kier molecular flexibility index (Phi) is 5.07. The number of fused-ring (bicyclic) bond motifs is 2. The molecule has 6 nitrogen and oxygen atoms in total. The van der Waals surface area contributed by atoms with Gasteiger partial charge in [0.05, 0.1) is 22.7 Å². The molecule has 1 amide bonds. The topological polar surface area (TPSA) is 54.8 Å². The van der Waals surface area contributed by atoms with Crippen LogP contribution in [0.25, 0.3) is 10.9 Å². The number of hydrogen-bond acceptors (Lipinski definition) is 4. The van der Waals surface area contributed by atoms with E-state index in [4.69, 9.17) is 27.9 Å². The predicted octanol–water partition coefficient (Wildman–Crippen LogP) is 4.35. The Morgan fingerprint density at radius 2 is 1.68 bits per heavy atom. The first kappa shape index (κ1) is 20.2. The third-order valence-corrected chi connectivity index (χ3v) is 7.06. The molecule has 2 saturated heterocycles. The van der Waals surface area contributed by atoms with E-state index in [-0.39, 0.29) is 11.6 Å². The molecule has 2 aliphatic heterocycles. The van der Waals surface area contributed by atoms with Crippen molar-refractivity contribution >= 4 is 45.8 Å². The molecule has 0 N–H and O–H groups in total. The number of nitrogens with zero attached hydrogens (tertiary/aromatic N) is 3. The molecule has 160 valence electrons. The summed E-state index contributed by atoms with van der Waals surface area (Å²) in [5, 5.41) is 1.87. The van der Waals surface area contributed by atoms with Gasteiger partial charge < -0.3 is 14.5 Å². The normalized spacial score (nSPS) is 20.4. The number of hydrogen-bond donors (Lipinski definition) is 0. The van der Waals surface area contributed by atoms with E-state index in [2.05, 4.69) is 4.90 Å². The van der Waals surface area contributed by atoms with E-state index < -0.39 is 0 Å². The lowest BCUT2D eigenvalue weighted by Gasteiger charge is -2.24. The van der Waals surface area contributed by atoms with Crippen molar-refractivity contribution in [3.8, 4) is 5.75 Å². The van der Waals surface area contributed by atoms with Crippen LogP contribution in [0.4, 0.5) is 10.5 Å². The summed E-state index contributed by atoms with van der Waals surface area (Å²) in [7, 11) is 1.59. The van der Waals surface area contributed by atoms with Gasteiger partial charge in [-0.05, 0) is 42.5 Å². The van der Waals surface area contributed by atoms with Crippen LogP contribution in [-0.2, 0) is 0 Å². The number of amides is 1. The summed E-state index contributed by atoms with van der Waals surface area (Å²) < 4.78 is 6.53. The molecule has 31 heavy (non-hydrogen) atoms. The Balaban J connectivity index is 1.36. The van der Waals surface area contributed by atoms with Crippen molar-refractivity contribution in [3.05, 3.63) is 68.9 Å². The second-order valence-electron chi connectivity index (χ2n) is 8.14. The molecule has 0 radical (unpaired) electrons. The number of pyridine rings is 1. The Bertz CT molecular complexity index is 1230. The number of ether oxygens (including phenoxy) is 1. The predicted molar refractivity (Wildman–Crippen MR) is 123 cm³/mol. The quantitative estimate of drug-likeness (QED) is 0.573. The van der Waals surface area contributed by atoms with Crippen LogP contribution >= 0.6 is 23.2 Å². The molecular formula is C23H21Cl2N3O3. The summed E-state index contributed by atoms with van der Waals surface area (Å²) in [4.78, 5) is 30.0. The fourth-order valence-corrected chi connectivity index (χ4v) is 5.02. The van der Waals surface area contributed by atoms with Gasteiger partial charge in [0.2, 0.25) is 0 Å². The average molecular weight is 458 g/mol. The van der Waals surface area contributed by atoms with Gasteiger partial charge in [0.25, 0.3) is 5.56 Å². The molecule has 3 heterocycles. The summed E-state index contributed by atoms with van der Waals surface area (Å²) in [5.74, 6) is 1.39. The van der Waals surface area contributed by atoms with Crippen molar-refractivity contribution < 1.29 is 9.53 Å². The number of carbonyl (C=O) groups excluding carboxylic acids is 1. The minimum atomic E-state index is -0.322. The SMILES string of the molecule is COc1ccc2c(ccc(=O)n2C(=O)N2CC3CN(c4ccc(Cl)c(Cl)c4)CC3C2)c1. The Morgan fingerprint density at radius 3 is 2.35 bits per heavy atom. The van der Waals surface area contributed by atoms with Gasteiger partial charge >= 0.3 is 6.03 Å². The monoisotopic (exact) mass is 457 g/mol. The third-order valence-electron chi connectivity index (χ3n) is 6.32. The van der Waals surface area contributed by atoms with E-state index in [1.165, 1.54) is 10.6 Å². The van der Waals surface area contributed by atoms with Crippen LogP contribution in [-0.4, -0.2) is 48.8 Å². The van der Waals surface area contributed by atoms with Crippen LogP contribution in [0.15, 0.2) is 53.3 Å². The average Bonchev–Trinajstić information content (AvgIpc) is 3.34. The van der Waals surface area contributed by atoms with Gasteiger partial charge in [-0.25, -0.2) is 9.36 Å². The van der Waals surface area contributed by atoms with Crippen molar-refractivity contribution in [2.45, 2.75) is 0 Å². The standard InChI is InChI=1S/C23H21Cl2N3O3/c1-31-18-4-6-21-14(8-18)2-7-22(29)28(21)23(30)27-12-15-10-26(11-16(15)13-27)17-3-5-19(24)20(25)9-17/h2-9,15-16H,10-13H2,1H3. The second kappa shape index (κ2) is 7.77. The van der Waals surface area contributed by atoms with E-state index in [1.54, 1.807) is 30.2 Å². The number of likely N-dealkylation sites (tertiary alicyclic amines) is 1. The number of benzene rings is 2. The van der Waals surface area contributed by atoms with Gasteiger partial charge in [0.15, 0.2) is 0 Å². The number of methoxy groups -OCH3 is 1. The van der Waals surface area contributed by atoms with Gasteiger partial charge in [-0.1, -0.05) is 23.2 Å². The van der Waals surface area contributed by atoms with Crippen LogP contribution in [0.1, 0.15) is 0 Å². The van der Waals surface area contributed by atoms with Crippen molar-refractivity contribution in [3.63, 3.8) is 0 Å². The van der Waals surface area contributed by atoms with Gasteiger partial charge in [-0.15, -0.1) is 0 Å². The molecule has 0 bridgehead atoms. The summed E-state index contributed by atoms with van der Waals surface area (Å²) in [6.07, 6.45) is 0. The summed E-state index contributed by atoms with van der Waals surface area (Å²) in [6.45, 7) is 2.93. The molecule has 3 aromatic rings. The fraction of sp³-hybridized carbons (Fsp3) is 0.304. The van der Waals surface area contributed by atoms with Crippen molar-refractivity contribution in [2.24, 2.45) is 11.8 Å². The van der Waals surface area contributed by atoms with Crippen LogP contribution in [0, 0.1) is 11.8 Å². The maximum atomic E-state index is 13.3. The highest BCUT2D eigenvalue weighted by Gasteiger charge is 2.42. The fourth-order valence-electron chi connectivity index (χ4n) is 4.73. The van der Waals surface area contributed by atoms with Crippen molar-refractivity contribution in [2.75, 3.05) is 38.2 Å². The van der Waals surface area contributed by atoms with Gasteiger partial charge in [-0.2, -0.15) is 0 Å². The minimum Gasteiger partial charge on any atom is -0.497 e. The molecule has 2 atom stereocenters. The van der Waals surface area contributed by atoms with E-state index in [1.807, 2.05) is 24.3 Å². The highest BCUT2D eigenvalue weighted by Crippen LogP contribution is 2.36. The van der Waals surface area contributed by atoms with Gasteiger partial charge in [0, 0.05) is 55.2 Å². The van der Waals surface area contributed by atoms with Crippen molar-refractivity contribution in [1.82, 2.24) is 9.47 Å². The Morgan fingerprint density at radius 1 is 0.935 bits per heavy atom. The zero-order valence-corrected chi connectivity index (χ0v) is 18.4. The van der Waals surface area contributed by atoms with Crippen LogP contribution in [0.2, 0.25) is 10.0 Å². The maximum Gasteiger partial charge on any atom is 0.331 e.